The molecule has 0 unspecified atom stereocenters. The maximum Gasteiger partial charge on any atom is 0.214 e. The van der Waals surface area contributed by atoms with E-state index in [-0.39, 0.29) is 11.6 Å². The van der Waals surface area contributed by atoms with Crippen molar-refractivity contribution in [3.8, 4) is 28.6 Å². The molecule has 4 rings (SSSR count). The van der Waals surface area contributed by atoms with Crippen LogP contribution in [-0.2, 0) is 6.42 Å². The van der Waals surface area contributed by atoms with Crippen LogP contribution in [-0.4, -0.2) is 30.2 Å². The molecule has 2 heterocycles. The third-order valence-electron chi connectivity index (χ3n) is 4.28. The van der Waals surface area contributed by atoms with Gasteiger partial charge in [0.05, 0.1) is 5.69 Å². The third-order valence-corrected chi connectivity index (χ3v) is 4.58. The van der Waals surface area contributed by atoms with Gasteiger partial charge in [0.2, 0.25) is 5.88 Å². The molecule has 2 aromatic carbocycles. The van der Waals surface area contributed by atoms with E-state index in [1.54, 1.807) is 0 Å². The number of thiol groups is 1. The summed E-state index contributed by atoms with van der Waals surface area (Å²) in [5, 5.41) is 30.9. The molecule has 0 radical (unpaired) electrons. The minimum absolute atomic E-state index is 0.117. The van der Waals surface area contributed by atoms with Crippen LogP contribution in [0, 0.1) is 0 Å². The SMILES string of the molecule is CCc1nc(O)cc(O)c1-n1nnc(S)c1-c1cccc2ccccc12. The number of pyridine rings is 1. The van der Waals surface area contributed by atoms with Crippen molar-refractivity contribution in [1.82, 2.24) is 20.0 Å². The molecule has 130 valence electrons. The summed E-state index contributed by atoms with van der Waals surface area (Å²) in [6.45, 7) is 1.89. The van der Waals surface area contributed by atoms with E-state index < -0.39 is 0 Å². The Balaban J connectivity index is 2.04. The second-order valence-electron chi connectivity index (χ2n) is 5.85. The zero-order valence-electron chi connectivity index (χ0n) is 14.0. The van der Waals surface area contributed by atoms with E-state index in [1.165, 1.54) is 10.7 Å². The smallest absolute Gasteiger partial charge is 0.214 e. The largest absolute Gasteiger partial charge is 0.505 e. The molecule has 26 heavy (non-hydrogen) atoms. The Morgan fingerprint density at radius 1 is 1.08 bits per heavy atom. The third kappa shape index (κ3) is 2.57. The van der Waals surface area contributed by atoms with E-state index in [0.717, 1.165) is 16.3 Å². The van der Waals surface area contributed by atoms with Crippen LogP contribution < -0.4 is 0 Å². The van der Waals surface area contributed by atoms with Gasteiger partial charge >= 0.3 is 0 Å². The van der Waals surface area contributed by atoms with Crippen LogP contribution in [0.4, 0.5) is 0 Å². The summed E-state index contributed by atoms with van der Waals surface area (Å²) in [6.07, 6.45) is 0.508. The summed E-state index contributed by atoms with van der Waals surface area (Å²) in [7, 11) is 0. The van der Waals surface area contributed by atoms with Gasteiger partial charge in [0.25, 0.3) is 0 Å². The molecule has 0 aliphatic rings. The van der Waals surface area contributed by atoms with Crippen LogP contribution in [0.25, 0.3) is 27.7 Å². The second kappa shape index (κ2) is 6.34. The molecule has 4 aromatic rings. The molecule has 0 aliphatic carbocycles. The highest BCUT2D eigenvalue weighted by Crippen LogP contribution is 2.36. The van der Waals surface area contributed by atoms with Gasteiger partial charge in [-0.1, -0.05) is 54.6 Å². The normalized spacial score (nSPS) is 11.2. The number of rotatable bonds is 3. The molecule has 2 aromatic heterocycles. The Labute approximate surface area is 155 Å². The summed E-state index contributed by atoms with van der Waals surface area (Å²) < 4.78 is 1.53. The fraction of sp³-hybridized carbons (Fsp3) is 0.105. The van der Waals surface area contributed by atoms with Gasteiger partial charge < -0.3 is 10.2 Å². The van der Waals surface area contributed by atoms with E-state index in [1.807, 2.05) is 49.4 Å². The minimum atomic E-state index is -0.235. The average molecular weight is 364 g/mol. The van der Waals surface area contributed by atoms with Crippen molar-refractivity contribution in [2.45, 2.75) is 18.4 Å². The molecule has 0 spiro atoms. The molecular weight excluding hydrogens is 348 g/mol. The lowest BCUT2D eigenvalue weighted by Gasteiger charge is -2.14. The number of aromatic hydroxyl groups is 2. The number of benzene rings is 2. The summed E-state index contributed by atoms with van der Waals surface area (Å²) in [4.78, 5) is 4.12. The van der Waals surface area contributed by atoms with Gasteiger partial charge in [-0.05, 0) is 17.2 Å². The van der Waals surface area contributed by atoms with Gasteiger partial charge in [0.15, 0.2) is 0 Å². The van der Waals surface area contributed by atoms with Crippen molar-refractivity contribution in [3.05, 3.63) is 54.2 Å². The van der Waals surface area contributed by atoms with Crippen LogP contribution in [0.5, 0.6) is 11.6 Å². The molecule has 0 saturated heterocycles. The van der Waals surface area contributed by atoms with Crippen molar-refractivity contribution >= 4 is 23.4 Å². The van der Waals surface area contributed by atoms with Crippen LogP contribution in [0.3, 0.4) is 0 Å². The zero-order chi connectivity index (χ0) is 18.3. The van der Waals surface area contributed by atoms with Crippen molar-refractivity contribution < 1.29 is 10.2 Å². The minimum Gasteiger partial charge on any atom is -0.505 e. The lowest BCUT2D eigenvalue weighted by atomic mass is 10.0. The van der Waals surface area contributed by atoms with Crippen LogP contribution >= 0.6 is 12.6 Å². The van der Waals surface area contributed by atoms with E-state index in [2.05, 4.69) is 27.9 Å². The highest BCUT2D eigenvalue weighted by atomic mass is 32.1. The monoisotopic (exact) mass is 364 g/mol. The molecule has 7 heteroatoms. The number of hydrogen-bond donors (Lipinski definition) is 3. The van der Waals surface area contributed by atoms with Gasteiger partial charge in [-0.3, -0.25) is 0 Å². The molecule has 0 amide bonds. The van der Waals surface area contributed by atoms with Crippen LogP contribution in [0.2, 0.25) is 0 Å². The summed E-state index contributed by atoms with van der Waals surface area (Å²) >= 11 is 4.48. The van der Waals surface area contributed by atoms with E-state index >= 15 is 0 Å². The second-order valence-corrected chi connectivity index (χ2v) is 6.27. The molecular formula is C19H16N4O2S. The van der Waals surface area contributed by atoms with E-state index in [4.69, 9.17) is 0 Å². The van der Waals surface area contributed by atoms with Crippen molar-refractivity contribution in [1.29, 1.82) is 0 Å². The molecule has 0 atom stereocenters. The van der Waals surface area contributed by atoms with Gasteiger partial charge in [-0.25, -0.2) is 9.67 Å². The van der Waals surface area contributed by atoms with Crippen LogP contribution in [0.15, 0.2) is 53.6 Å². The number of fused-ring (bicyclic) bond motifs is 1. The summed E-state index contributed by atoms with van der Waals surface area (Å²) in [5.74, 6) is -0.352. The van der Waals surface area contributed by atoms with Crippen molar-refractivity contribution in [3.63, 3.8) is 0 Å². The molecule has 0 bridgehead atoms. The maximum absolute atomic E-state index is 10.4. The highest BCUT2D eigenvalue weighted by Gasteiger charge is 2.21. The lowest BCUT2D eigenvalue weighted by molar-refractivity contribution is 0.429. The Morgan fingerprint density at radius 2 is 1.85 bits per heavy atom. The first kappa shape index (κ1) is 16.4. The quantitative estimate of drug-likeness (QED) is 0.482. The first-order valence-electron chi connectivity index (χ1n) is 8.15. The van der Waals surface area contributed by atoms with Crippen LogP contribution in [0.1, 0.15) is 12.6 Å². The summed E-state index contributed by atoms with van der Waals surface area (Å²) in [5.41, 5.74) is 2.46. The number of aryl methyl sites for hydroxylation is 1. The Kier molecular flexibility index (Phi) is 4.00. The first-order valence-corrected chi connectivity index (χ1v) is 8.60. The van der Waals surface area contributed by atoms with Gasteiger partial charge in [0, 0.05) is 11.6 Å². The highest BCUT2D eigenvalue weighted by molar-refractivity contribution is 7.80. The van der Waals surface area contributed by atoms with E-state index in [0.29, 0.717) is 28.5 Å². The van der Waals surface area contributed by atoms with E-state index in [9.17, 15) is 10.2 Å². The lowest BCUT2D eigenvalue weighted by Crippen LogP contribution is -2.06. The number of aromatic nitrogens is 4. The molecule has 0 aliphatic heterocycles. The predicted octanol–water partition coefficient (Wildman–Crippen LogP) is 3.74. The van der Waals surface area contributed by atoms with Gasteiger partial charge in [-0.2, -0.15) is 0 Å². The maximum atomic E-state index is 10.4. The fourth-order valence-electron chi connectivity index (χ4n) is 3.14. The number of hydrogen-bond acceptors (Lipinski definition) is 6. The Morgan fingerprint density at radius 3 is 2.65 bits per heavy atom. The Hall–Kier alpha value is -3.06. The molecule has 0 fully saturated rings. The Bertz CT molecular complexity index is 1120. The summed E-state index contributed by atoms with van der Waals surface area (Å²) in [6, 6.07) is 15.1. The average Bonchev–Trinajstić information content (AvgIpc) is 3.01. The van der Waals surface area contributed by atoms with Gasteiger partial charge in [-0.15, -0.1) is 17.7 Å². The molecule has 6 nitrogen and oxygen atoms in total. The first-order chi connectivity index (χ1) is 12.6. The molecule has 0 saturated carbocycles. The predicted molar refractivity (Wildman–Crippen MR) is 102 cm³/mol. The van der Waals surface area contributed by atoms with Crippen molar-refractivity contribution in [2.24, 2.45) is 0 Å². The standard InChI is InChI=1S/C19H16N4O2S/c1-2-14-18(15(24)10-16(25)20-14)23-17(19(26)21-22-23)13-9-5-7-11-6-3-4-8-12(11)13/h3-10,26H,2H2,1H3,(H2,20,24,25). The topological polar surface area (TPSA) is 84.1 Å². The number of nitrogens with zero attached hydrogens (tertiary/aromatic N) is 4. The zero-order valence-corrected chi connectivity index (χ0v) is 14.9. The fourth-order valence-corrected chi connectivity index (χ4v) is 3.39. The van der Waals surface area contributed by atoms with Gasteiger partial charge in [0.1, 0.15) is 22.2 Å². The van der Waals surface area contributed by atoms with Crippen molar-refractivity contribution in [2.75, 3.05) is 0 Å². The molecule has 2 N–H and O–H groups in total.